The van der Waals surface area contributed by atoms with Crippen molar-refractivity contribution < 1.29 is 0 Å². The predicted molar refractivity (Wildman–Crippen MR) is 72.5 cm³/mol. The number of anilines is 2. The fraction of sp³-hybridized carbons (Fsp3) is 0.667. The number of aromatic nitrogens is 2. The molecule has 0 aromatic carbocycles. The van der Waals surface area contributed by atoms with Gasteiger partial charge in [-0.05, 0) is 27.7 Å². The van der Waals surface area contributed by atoms with Gasteiger partial charge in [0.25, 0.3) is 0 Å². The van der Waals surface area contributed by atoms with Crippen LogP contribution in [0.15, 0.2) is 6.07 Å². The fourth-order valence-corrected chi connectivity index (χ4v) is 1.50. The van der Waals surface area contributed by atoms with Crippen molar-refractivity contribution in [1.82, 2.24) is 9.97 Å². The standard InChI is InChI=1S/C12H23N5/c1-9-14-10(16-12(2,3)4)8-11(15-9)17(5)7-6-13/h8H,6-7,13H2,1-5H3,(H,14,15,16). The van der Waals surface area contributed by atoms with Gasteiger partial charge in [-0.25, -0.2) is 9.97 Å². The maximum absolute atomic E-state index is 5.54. The van der Waals surface area contributed by atoms with Crippen LogP contribution in [0.3, 0.4) is 0 Å². The lowest BCUT2D eigenvalue weighted by Gasteiger charge is -2.23. The summed E-state index contributed by atoms with van der Waals surface area (Å²) < 4.78 is 0. The molecule has 0 saturated carbocycles. The van der Waals surface area contributed by atoms with Gasteiger partial charge in [0.15, 0.2) is 0 Å². The minimum atomic E-state index is -0.00942. The highest BCUT2D eigenvalue weighted by molar-refractivity contribution is 5.49. The molecule has 96 valence electrons. The van der Waals surface area contributed by atoms with E-state index in [1.165, 1.54) is 0 Å². The maximum Gasteiger partial charge on any atom is 0.134 e. The lowest BCUT2D eigenvalue weighted by atomic mass is 10.1. The average Bonchev–Trinajstić information content (AvgIpc) is 2.14. The molecule has 5 heteroatoms. The van der Waals surface area contributed by atoms with Gasteiger partial charge >= 0.3 is 0 Å². The van der Waals surface area contributed by atoms with E-state index >= 15 is 0 Å². The van der Waals surface area contributed by atoms with Gasteiger partial charge in [-0.2, -0.15) is 0 Å². The molecule has 0 aliphatic rings. The van der Waals surface area contributed by atoms with Crippen molar-refractivity contribution in [2.75, 3.05) is 30.4 Å². The highest BCUT2D eigenvalue weighted by atomic mass is 15.2. The zero-order valence-electron chi connectivity index (χ0n) is 11.4. The Kier molecular flexibility index (Phi) is 4.28. The molecule has 0 amide bonds. The average molecular weight is 237 g/mol. The molecule has 1 aromatic heterocycles. The predicted octanol–water partition coefficient (Wildman–Crippen LogP) is 1.39. The van der Waals surface area contributed by atoms with Crippen LogP contribution in [0.25, 0.3) is 0 Å². The van der Waals surface area contributed by atoms with E-state index in [0.717, 1.165) is 24.0 Å². The van der Waals surface area contributed by atoms with Crippen molar-refractivity contribution in [1.29, 1.82) is 0 Å². The van der Waals surface area contributed by atoms with E-state index in [1.807, 2.05) is 24.9 Å². The first-order chi connectivity index (χ1) is 7.81. The van der Waals surface area contributed by atoms with Gasteiger partial charge in [0.05, 0.1) is 0 Å². The Labute approximate surface area is 103 Å². The van der Waals surface area contributed by atoms with E-state index in [2.05, 4.69) is 36.1 Å². The summed E-state index contributed by atoms with van der Waals surface area (Å²) in [6.45, 7) is 9.61. The van der Waals surface area contributed by atoms with Crippen molar-refractivity contribution in [3.8, 4) is 0 Å². The van der Waals surface area contributed by atoms with Crippen LogP contribution in [0, 0.1) is 6.92 Å². The van der Waals surface area contributed by atoms with Crippen LogP contribution in [0.1, 0.15) is 26.6 Å². The molecule has 0 unspecified atom stereocenters. The summed E-state index contributed by atoms with van der Waals surface area (Å²) in [7, 11) is 1.98. The molecule has 0 aliphatic heterocycles. The number of nitrogens with one attached hydrogen (secondary N) is 1. The van der Waals surface area contributed by atoms with E-state index < -0.39 is 0 Å². The van der Waals surface area contributed by atoms with Crippen molar-refractivity contribution >= 4 is 11.6 Å². The van der Waals surface area contributed by atoms with Gasteiger partial charge in [0, 0.05) is 31.7 Å². The summed E-state index contributed by atoms with van der Waals surface area (Å²) >= 11 is 0. The number of nitrogens with two attached hydrogens (primary N) is 1. The molecular formula is C12H23N5. The summed E-state index contributed by atoms with van der Waals surface area (Å²) in [6, 6.07) is 1.95. The molecule has 1 rings (SSSR count). The molecule has 0 atom stereocenters. The monoisotopic (exact) mass is 237 g/mol. The minimum absolute atomic E-state index is 0.00942. The van der Waals surface area contributed by atoms with Crippen molar-refractivity contribution in [2.24, 2.45) is 5.73 Å². The minimum Gasteiger partial charge on any atom is -0.365 e. The van der Waals surface area contributed by atoms with Crippen LogP contribution < -0.4 is 16.0 Å². The summed E-state index contributed by atoms with van der Waals surface area (Å²) in [5.74, 6) is 2.51. The van der Waals surface area contributed by atoms with Gasteiger partial charge in [0.1, 0.15) is 17.5 Å². The van der Waals surface area contributed by atoms with Crippen LogP contribution in [0.4, 0.5) is 11.6 Å². The molecular weight excluding hydrogens is 214 g/mol. The van der Waals surface area contributed by atoms with Crippen LogP contribution >= 0.6 is 0 Å². The first-order valence-corrected chi connectivity index (χ1v) is 5.87. The Bertz CT molecular complexity index is 370. The van der Waals surface area contributed by atoms with Gasteiger partial charge < -0.3 is 16.0 Å². The number of likely N-dealkylation sites (N-methyl/N-ethyl adjacent to an activating group) is 1. The highest BCUT2D eigenvalue weighted by Gasteiger charge is 2.12. The molecule has 0 fully saturated rings. The summed E-state index contributed by atoms with van der Waals surface area (Å²) in [5, 5.41) is 3.35. The van der Waals surface area contributed by atoms with Crippen LogP contribution in [-0.4, -0.2) is 35.6 Å². The Balaban J connectivity index is 2.94. The number of hydrogen-bond donors (Lipinski definition) is 2. The van der Waals surface area contributed by atoms with Crippen LogP contribution in [0.2, 0.25) is 0 Å². The second-order valence-corrected chi connectivity index (χ2v) is 5.24. The van der Waals surface area contributed by atoms with E-state index in [9.17, 15) is 0 Å². The smallest absolute Gasteiger partial charge is 0.134 e. The number of nitrogens with zero attached hydrogens (tertiary/aromatic N) is 3. The zero-order chi connectivity index (χ0) is 13.1. The highest BCUT2D eigenvalue weighted by Crippen LogP contribution is 2.17. The zero-order valence-corrected chi connectivity index (χ0v) is 11.4. The molecule has 1 heterocycles. The topological polar surface area (TPSA) is 67.1 Å². The second kappa shape index (κ2) is 5.31. The maximum atomic E-state index is 5.54. The fourth-order valence-electron chi connectivity index (χ4n) is 1.50. The molecule has 3 N–H and O–H groups in total. The summed E-state index contributed by atoms with van der Waals surface area (Å²) in [6.07, 6.45) is 0. The summed E-state index contributed by atoms with van der Waals surface area (Å²) in [4.78, 5) is 10.8. The SMILES string of the molecule is Cc1nc(NC(C)(C)C)cc(N(C)CCN)n1. The lowest BCUT2D eigenvalue weighted by Crippen LogP contribution is -2.29. The molecule has 0 bridgehead atoms. The largest absolute Gasteiger partial charge is 0.365 e. The van der Waals surface area contributed by atoms with Gasteiger partial charge in [-0.1, -0.05) is 0 Å². The third-order valence-electron chi connectivity index (χ3n) is 2.18. The van der Waals surface area contributed by atoms with Gasteiger partial charge in [0.2, 0.25) is 0 Å². The number of rotatable bonds is 4. The number of aryl methyl sites for hydroxylation is 1. The Morgan fingerprint density at radius 1 is 1.35 bits per heavy atom. The first-order valence-electron chi connectivity index (χ1n) is 5.87. The van der Waals surface area contributed by atoms with E-state index in [-0.39, 0.29) is 5.54 Å². The Morgan fingerprint density at radius 2 is 2.00 bits per heavy atom. The normalized spacial score (nSPS) is 11.4. The molecule has 17 heavy (non-hydrogen) atoms. The van der Waals surface area contributed by atoms with Crippen molar-refractivity contribution in [2.45, 2.75) is 33.2 Å². The van der Waals surface area contributed by atoms with Gasteiger partial charge in [-0.3, -0.25) is 0 Å². The third-order valence-corrected chi connectivity index (χ3v) is 2.18. The molecule has 1 aromatic rings. The van der Waals surface area contributed by atoms with Crippen LogP contribution in [0.5, 0.6) is 0 Å². The van der Waals surface area contributed by atoms with Crippen molar-refractivity contribution in [3.05, 3.63) is 11.9 Å². The molecule has 0 aliphatic carbocycles. The van der Waals surface area contributed by atoms with Gasteiger partial charge in [-0.15, -0.1) is 0 Å². The van der Waals surface area contributed by atoms with E-state index in [1.54, 1.807) is 0 Å². The van der Waals surface area contributed by atoms with Crippen LogP contribution in [-0.2, 0) is 0 Å². The molecule has 0 radical (unpaired) electrons. The molecule has 0 spiro atoms. The second-order valence-electron chi connectivity index (χ2n) is 5.24. The molecule has 5 nitrogen and oxygen atoms in total. The van der Waals surface area contributed by atoms with E-state index in [0.29, 0.717) is 6.54 Å². The first kappa shape index (κ1) is 13.7. The van der Waals surface area contributed by atoms with E-state index in [4.69, 9.17) is 5.73 Å². The Morgan fingerprint density at radius 3 is 2.53 bits per heavy atom. The molecule has 0 saturated heterocycles. The Hall–Kier alpha value is -1.36. The quantitative estimate of drug-likeness (QED) is 0.828. The summed E-state index contributed by atoms with van der Waals surface area (Å²) in [5.41, 5.74) is 5.53. The number of hydrogen-bond acceptors (Lipinski definition) is 5. The third kappa shape index (κ3) is 4.56. The lowest BCUT2D eigenvalue weighted by molar-refractivity contribution is 0.629. The van der Waals surface area contributed by atoms with Crippen molar-refractivity contribution in [3.63, 3.8) is 0 Å².